The number of aliphatic imine (C=N–C) groups is 1. The van der Waals surface area contributed by atoms with Crippen LogP contribution < -0.4 is 19.7 Å². The van der Waals surface area contributed by atoms with Crippen LogP contribution in [0.1, 0.15) is 50.4 Å². The molecule has 0 radical (unpaired) electrons. The minimum atomic E-state index is -4.78. The van der Waals surface area contributed by atoms with Gasteiger partial charge in [0.2, 0.25) is 0 Å². The van der Waals surface area contributed by atoms with Crippen LogP contribution in [0.25, 0.3) is 17.1 Å². The number of carbonyl (C=O) groups is 1. The van der Waals surface area contributed by atoms with E-state index in [4.69, 9.17) is 4.74 Å². The van der Waals surface area contributed by atoms with E-state index in [0.29, 0.717) is 33.6 Å². The van der Waals surface area contributed by atoms with Crippen molar-refractivity contribution in [1.82, 2.24) is 20.1 Å². The highest BCUT2D eigenvalue weighted by Crippen LogP contribution is 2.37. The van der Waals surface area contributed by atoms with Crippen molar-refractivity contribution >= 4 is 28.6 Å². The molecule has 1 aliphatic rings. The van der Waals surface area contributed by atoms with E-state index >= 15 is 4.39 Å². The number of hydrogen-bond acceptors (Lipinski definition) is 6. The minimum absolute atomic E-state index is 0.0964. The van der Waals surface area contributed by atoms with Gasteiger partial charge in [-0.05, 0) is 60.7 Å². The zero-order valence-electron chi connectivity index (χ0n) is 26.2. The highest BCUT2D eigenvalue weighted by molar-refractivity contribution is 8.14. The van der Waals surface area contributed by atoms with Gasteiger partial charge < -0.3 is 19.7 Å². The molecule has 2 amide bonds. The quantitative estimate of drug-likeness (QED) is 0.180. The minimum Gasteiger partial charge on any atom is -0.497 e. The number of methoxy groups -OCH3 is 1. The second-order valence-corrected chi connectivity index (χ2v) is 12.2. The number of rotatable bonds is 9. The molecule has 1 aliphatic heterocycles. The number of amidine groups is 1. The third-order valence-corrected chi connectivity index (χ3v) is 8.51. The fourth-order valence-corrected chi connectivity index (χ4v) is 6.27. The third kappa shape index (κ3) is 8.42. The summed E-state index contributed by atoms with van der Waals surface area (Å²) in [7, 11) is 1.61. The van der Waals surface area contributed by atoms with Crippen LogP contribution in [0.2, 0.25) is 0 Å². The van der Waals surface area contributed by atoms with Gasteiger partial charge in [-0.3, -0.25) is 0 Å². The molecule has 0 saturated carbocycles. The molecule has 1 N–H and O–H groups in total. The number of alkyl halides is 4. The Labute approximate surface area is 274 Å². The number of hydrogen-bond donors (Lipinski definition) is 1. The molecule has 248 valence electrons. The largest absolute Gasteiger partial charge is 0.573 e. The monoisotopic (exact) mass is 670 g/mol. The van der Waals surface area contributed by atoms with E-state index in [1.165, 1.54) is 47.0 Å². The first-order valence-electron chi connectivity index (χ1n) is 14.9. The second kappa shape index (κ2) is 14.4. The van der Waals surface area contributed by atoms with E-state index in [2.05, 4.69) is 50.8 Å². The number of carbonyl (C=O) groups excluding carboxylic acids is 1. The first kappa shape index (κ1) is 33.8. The summed E-state index contributed by atoms with van der Waals surface area (Å²) in [6.07, 6.45) is -3.94. The molecule has 5 rings (SSSR count). The molecule has 1 saturated heterocycles. The summed E-state index contributed by atoms with van der Waals surface area (Å²) < 4.78 is 63.2. The summed E-state index contributed by atoms with van der Waals surface area (Å²) in [6, 6.07) is 17.0. The predicted octanol–water partition coefficient (Wildman–Crippen LogP) is 8.07. The number of anilines is 1. The second-order valence-electron chi connectivity index (χ2n) is 11.2. The number of aromatic nitrogens is 3. The molecular formula is C33H34F4N6O3S. The van der Waals surface area contributed by atoms with Crippen molar-refractivity contribution in [2.75, 3.05) is 24.3 Å². The maximum atomic E-state index is 15.2. The lowest BCUT2D eigenvalue weighted by molar-refractivity contribution is -0.274. The zero-order chi connectivity index (χ0) is 33.7. The number of ether oxygens (including phenoxy) is 2. The molecule has 2 unspecified atom stereocenters. The molecule has 0 bridgehead atoms. The van der Waals surface area contributed by atoms with Crippen LogP contribution in [0.3, 0.4) is 0 Å². The van der Waals surface area contributed by atoms with Crippen LogP contribution in [0, 0.1) is 0 Å². The van der Waals surface area contributed by atoms with Crippen molar-refractivity contribution in [2.45, 2.75) is 51.7 Å². The number of urea groups is 1. The molecule has 4 aromatic rings. The van der Waals surface area contributed by atoms with Gasteiger partial charge in [0, 0.05) is 23.4 Å². The lowest BCUT2D eigenvalue weighted by Crippen LogP contribution is -2.42. The normalized spacial score (nSPS) is 16.7. The van der Waals surface area contributed by atoms with Crippen LogP contribution in [-0.4, -0.2) is 57.8 Å². The average molecular weight is 671 g/mol. The standard InChI is InChI=1S/C33H34F4N6O3S/c1-20(2)27-14-13-26(45-4)17-29(27)43-21(3)15-16-47-32(43)40-31(44)38-18-28(34)22-5-7-23(8-6-22)30-39-19-42(41-30)24-9-11-25(12-10-24)46-33(35,36)37/h5-14,17,19-21,28H,15-16,18H2,1-4H3,(H,38,44). The number of thioether (sulfide) groups is 1. The Morgan fingerprint density at radius 3 is 2.45 bits per heavy atom. The molecular weight excluding hydrogens is 636 g/mol. The lowest BCUT2D eigenvalue weighted by atomic mass is 9.99. The Morgan fingerprint density at radius 2 is 1.79 bits per heavy atom. The molecule has 3 aromatic carbocycles. The van der Waals surface area contributed by atoms with E-state index in [0.717, 1.165) is 23.4 Å². The van der Waals surface area contributed by atoms with Crippen LogP contribution >= 0.6 is 11.8 Å². The Hall–Kier alpha value is -4.59. The summed E-state index contributed by atoms with van der Waals surface area (Å²) in [5, 5.41) is 7.51. The number of halogens is 4. The van der Waals surface area contributed by atoms with E-state index in [9.17, 15) is 18.0 Å². The number of amides is 2. The van der Waals surface area contributed by atoms with Gasteiger partial charge in [-0.1, -0.05) is 55.9 Å². The first-order valence-corrected chi connectivity index (χ1v) is 15.9. The zero-order valence-corrected chi connectivity index (χ0v) is 27.0. The van der Waals surface area contributed by atoms with Gasteiger partial charge in [-0.25, -0.2) is 18.9 Å². The smallest absolute Gasteiger partial charge is 0.497 e. The number of benzene rings is 3. The van der Waals surface area contributed by atoms with E-state index in [1.807, 2.05) is 18.2 Å². The number of nitrogens with one attached hydrogen (secondary N) is 1. The first-order chi connectivity index (χ1) is 22.4. The van der Waals surface area contributed by atoms with Gasteiger partial charge in [-0.15, -0.1) is 18.3 Å². The highest BCUT2D eigenvalue weighted by atomic mass is 32.2. The van der Waals surface area contributed by atoms with E-state index in [1.54, 1.807) is 31.4 Å². The Kier molecular flexibility index (Phi) is 10.4. The predicted molar refractivity (Wildman–Crippen MR) is 174 cm³/mol. The van der Waals surface area contributed by atoms with E-state index < -0.39 is 18.6 Å². The Morgan fingerprint density at radius 1 is 1.09 bits per heavy atom. The van der Waals surface area contributed by atoms with Crippen molar-refractivity contribution in [3.05, 3.63) is 84.2 Å². The van der Waals surface area contributed by atoms with Crippen molar-refractivity contribution in [1.29, 1.82) is 0 Å². The molecule has 2 atom stereocenters. The number of nitrogens with zero attached hydrogens (tertiary/aromatic N) is 5. The Bertz CT molecular complexity index is 1710. The average Bonchev–Trinajstić information content (AvgIpc) is 3.53. The fourth-order valence-electron chi connectivity index (χ4n) is 5.06. The molecule has 1 aromatic heterocycles. The van der Waals surface area contributed by atoms with Crippen LogP contribution in [-0.2, 0) is 0 Å². The van der Waals surface area contributed by atoms with Crippen molar-refractivity contribution in [3.8, 4) is 28.6 Å². The molecule has 14 heteroatoms. The SMILES string of the molecule is COc1ccc(C(C)C)c(N2C(=NC(=O)NCC(F)c3ccc(-c4ncn(-c5ccc(OC(F)(F)F)cc5)n4)cc3)SCCC2C)c1. The van der Waals surface area contributed by atoms with Crippen LogP contribution in [0.4, 0.5) is 28.0 Å². The summed E-state index contributed by atoms with van der Waals surface area (Å²) in [4.78, 5) is 23.6. The molecule has 1 fully saturated rings. The summed E-state index contributed by atoms with van der Waals surface area (Å²) in [6.45, 7) is 6.03. The van der Waals surface area contributed by atoms with Gasteiger partial charge in [0.25, 0.3) is 0 Å². The van der Waals surface area contributed by atoms with Crippen molar-refractivity contribution in [2.24, 2.45) is 4.99 Å². The van der Waals surface area contributed by atoms with Gasteiger partial charge in [0.05, 0.1) is 25.0 Å². The summed E-state index contributed by atoms with van der Waals surface area (Å²) in [5.41, 5.74) is 3.47. The Balaban J connectivity index is 1.22. The van der Waals surface area contributed by atoms with Crippen molar-refractivity contribution in [3.63, 3.8) is 0 Å². The maximum Gasteiger partial charge on any atom is 0.573 e. The fraction of sp³-hybridized carbons (Fsp3) is 0.333. The molecule has 47 heavy (non-hydrogen) atoms. The van der Waals surface area contributed by atoms with E-state index in [-0.39, 0.29) is 24.3 Å². The van der Waals surface area contributed by atoms with Crippen LogP contribution in [0.5, 0.6) is 11.5 Å². The summed E-state index contributed by atoms with van der Waals surface area (Å²) >= 11 is 1.49. The van der Waals surface area contributed by atoms with Crippen LogP contribution in [0.15, 0.2) is 78.0 Å². The van der Waals surface area contributed by atoms with Gasteiger partial charge in [0.15, 0.2) is 11.0 Å². The summed E-state index contributed by atoms with van der Waals surface area (Å²) in [5.74, 6) is 1.74. The topological polar surface area (TPSA) is 93.9 Å². The molecule has 2 heterocycles. The molecule has 0 spiro atoms. The maximum absolute atomic E-state index is 15.2. The van der Waals surface area contributed by atoms with Gasteiger partial charge in [0.1, 0.15) is 24.0 Å². The third-order valence-electron chi connectivity index (χ3n) is 7.52. The van der Waals surface area contributed by atoms with Gasteiger partial charge >= 0.3 is 12.4 Å². The highest BCUT2D eigenvalue weighted by Gasteiger charge is 2.31. The lowest BCUT2D eigenvalue weighted by Gasteiger charge is -2.37. The molecule has 9 nitrogen and oxygen atoms in total. The van der Waals surface area contributed by atoms with Gasteiger partial charge in [-0.2, -0.15) is 4.99 Å². The van der Waals surface area contributed by atoms with Crippen molar-refractivity contribution < 1.29 is 31.8 Å². The molecule has 0 aliphatic carbocycles.